The highest BCUT2D eigenvalue weighted by Gasteiger charge is 2.26. The van der Waals surface area contributed by atoms with Crippen LogP contribution in [0.2, 0.25) is 0 Å². The van der Waals surface area contributed by atoms with Gasteiger partial charge in [-0.1, -0.05) is 18.2 Å². The van der Waals surface area contributed by atoms with Gasteiger partial charge >= 0.3 is 5.97 Å². The van der Waals surface area contributed by atoms with Gasteiger partial charge in [-0.05, 0) is 50.2 Å². The highest BCUT2D eigenvalue weighted by molar-refractivity contribution is 7.20. The van der Waals surface area contributed by atoms with Gasteiger partial charge in [0, 0.05) is 0 Å². The number of nitrogens with zero attached hydrogens (tertiary/aromatic N) is 1. The third-order valence-corrected chi connectivity index (χ3v) is 3.27. The Bertz CT molecular complexity index is 482. The van der Waals surface area contributed by atoms with Crippen molar-refractivity contribution < 1.29 is 18.9 Å². The van der Waals surface area contributed by atoms with Crippen LogP contribution < -0.4 is 10.6 Å². The second-order valence-corrected chi connectivity index (χ2v) is 5.34. The Kier molecular flexibility index (Phi) is 7.29. The highest BCUT2D eigenvalue weighted by atomic mass is 31.1. The molecular formula is C14H21N2O4P. The van der Waals surface area contributed by atoms with Crippen molar-refractivity contribution >= 4 is 14.6 Å². The standard InChI is InChI=1S/C14H21N2O4P/c1-10(2)19-14(17)11(3)16(21-18)20-13-7-5-4-6-12(13)8-9-15/h4-7,10-11H,8-9,15H2,1-3H3. The Hall–Kier alpha value is -1.49. The van der Waals surface area contributed by atoms with Gasteiger partial charge in [0.15, 0.2) is 11.8 Å². The molecule has 0 aliphatic carbocycles. The van der Waals surface area contributed by atoms with E-state index >= 15 is 0 Å². The van der Waals surface area contributed by atoms with E-state index in [1.165, 1.54) is 0 Å². The van der Waals surface area contributed by atoms with Crippen molar-refractivity contribution in [2.45, 2.75) is 39.3 Å². The zero-order chi connectivity index (χ0) is 15.8. The summed E-state index contributed by atoms with van der Waals surface area (Å²) in [7, 11) is -0.422. The number of hydroxylamine groups is 1. The topological polar surface area (TPSA) is 81.9 Å². The summed E-state index contributed by atoms with van der Waals surface area (Å²) in [6, 6.07) is 6.49. The van der Waals surface area contributed by atoms with Crippen molar-refractivity contribution in [3.05, 3.63) is 29.8 Å². The summed E-state index contributed by atoms with van der Waals surface area (Å²) in [6.07, 6.45) is 0.388. The molecule has 1 unspecified atom stereocenters. The lowest BCUT2D eigenvalue weighted by atomic mass is 10.1. The van der Waals surface area contributed by atoms with Gasteiger partial charge in [0.2, 0.25) is 0 Å². The van der Waals surface area contributed by atoms with Crippen molar-refractivity contribution in [1.29, 1.82) is 0 Å². The molecule has 0 fully saturated rings. The van der Waals surface area contributed by atoms with E-state index in [2.05, 4.69) is 0 Å². The molecule has 7 heteroatoms. The highest BCUT2D eigenvalue weighted by Crippen LogP contribution is 2.23. The number of rotatable bonds is 8. The Morgan fingerprint density at radius 3 is 2.57 bits per heavy atom. The fraction of sp³-hybridized carbons (Fsp3) is 0.500. The summed E-state index contributed by atoms with van der Waals surface area (Å²) in [5, 5.41) is 0. The molecule has 0 heterocycles. The minimum Gasteiger partial charge on any atom is -0.462 e. The van der Waals surface area contributed by atoms with Crippen LogP contribution in [-0.4, -0.2) is 29.5 Å². The summed E-state index contributed by atoms with van der Waals surface area (Å²) >= 11 is 0. The van der Waals surface area contributed by atoms with Crippen molar-refractivity contribution in [1.82, 2.24) is 4.83 Å². The minimum atomic E-state index is -0.794. The van der Waals surface area contributed by atoms with E-state index in [4.69, 9.17) is 15.3 Å². The predicted octanol–water partition coefficient (Wildman–Crippen LogP) is 2.33. The molecule has 0 aromatic heterocycles. The van der Waals surface area contributed by atoms with E-state index in [1.807, 2.05) is 12.1 Å². The second-order valence-electron chi connectivity index (χ2n) is 4.78. The Morgan fingerprint density at radius 2 is 2.00 bits per heavy atom. The van der Waals surface area contributed by atoms with Crippen LogP contribution in [0, 0.1) is 0 Å². The largest absolute Gasteiger partial charge is 0.462 e. The Labute approximate surface area is 126 Å². The maximum atomic E-state index is 11.8. The molecule has 1 atom stereocenters. The maximum absolute atomic E-state index is 11.8. The minimum absolute atomic E-state index is 0.241. The first-order chi connectivity index (χ1) is 9.99. The third-order valence-electron chi connectivity index (χ3n) is 2.68. The molecule has 0 aliphatic rings. The SMILES string of the molecule is CC(C)OC(=O)C(C)N(Oc1ccccc1CCN)P=O. The molecule has 116 valence electrons. The van der Waals surface area contributed by atoms with Crippen LogP contribution in [0.1, 0.15) is 26.3 Å². The molecule has 21 heavy (non-hydrogen) atoms. The number of hydrogen-bond donors (Lipinski definition) is 1. The first-order valence-electron chi connectivity index (χ1n) is 6.78. The lowest BCUT2D eigenvalue weighted by Crippen LogP contribution is -2.37. The van der Waals surface area contributed by atoms with Crippen LogP contribution in [0.4, 0.5) is 0 Å². The average Bonchev–Trinajstić information content (AvgIpc) is 2.45. The van der Waals surface area contributed by atoms with Crippen LogP contribution >= 0.6 is 8.61 Å². The number of hydrogen-bond acceptors (Lipinski definition) is 5. The number of carbonyl (C=O) groups is 1. The van der Waals surface area contributed by atoms with E-state index < -0.39 is 20.6 Å². The van der Waals surface area contributed by atoms with Gasteiger partial charge in [0.1, 0.15) is 0 Å². The molecule has 1 aromatic carbocycles. The van der Waals surface area contributed by atoms with Crippen molar-refractivity contribution in [3.63, 3.8) is 0 Å². The van der Waals surface area contributed by atoms with Gasteiger partial charge < -0.3 is 15.3 Å². The van der Waals surface area contributed by atoms with Crippen LogP contribution in [0.3, 0.4) is 0 Å². The third kappa shape index (κ3) is 5.42. The smallest absolute Gasteiger partial charge is 0.327 e. The second kappa shape index (κ2) is 8.72. The molecule has 0 radical (unpaired) electrons. The monoisotopic (exact) mass is 312 g/mol. The van der Waals surface area contributed by atoms with Crippen molar-refractivity contribution in [3.8, 4) is 5.75 Å². The summed E-state index contributed by atoms with van der Waals surface area (Å²) in [4.78, 5) is 18.5. The first kappa shape index (κ1) is 17.6. The molecule has 0 saturated heterocycles. The van der Waals surface area contributed by atoms with E-state index in [0.717, 1.165) is 10.4 Å². The van der Waals surface area contributed by atoms with Crippen LogP contribution in [0.5, 0.6) is 5.75 Å². The number of para-hydroxylation sites is 1. The summed E-state index contributed by atoms with van der Waals surface area (Å²) in [5.41, 5.74) is 6.44. The fourth-order valence-electron chi connectivity index (χ4n) is 1.64. The molecule has 0 bridgehead atoms. The van der Waals surface area contributed by atoms with Crippen LogP contribution in [0.15, 0.2) is 24.3 Å². The Morgan fingerprint density at radius 1 is 1.33 bits per heavy atom. The van der Waals surface area contributed by atoms with Crippen LogP contribution in [-0.2, 0) is 20.5 Å². The number of esters is 1. The molecule has 1 aromatic rings. The Balaban J connectivity index is 2.82. The molecule has 0 saturated carbocycles. The molecule has 0 spiro atoms. The van der Waals surface area contributed by atoms with Gasteiger partial charge in [-0.3, -0.25) is 9.36 Å². The summed E-state index contributed by atoms with van der Waals surface area (Å²) in [6.45, 7) is 5.55. The molecular weight excluding hydrogens is 291 g/mol. The van der Waals surface area contributed by atoms with E-state index in [0.29, 0.717) is 18.7 Å². The summed E-state index contributed by atoms with van der Waals surface area (Å²) < 4.78 is 16.4. The van der Waals surface area contributed by atoms with Gasteiger partial charge in [-0.2, -0.15) is 0 Å². The lowest BCUT2D eigenvalue weighted by Gasteiger charge is -2.22. The van der Waals surface area contributed by atoms with Gasteiger partial charge in [0.25, 0.3) is 8.61 Å². The number of carbonyl (C=O) groups excluding carboxylic acids is 1. The quantitative estimate of drug-likeness (QED) is 0.451. The van der Waals surface area contributed by atoms with Crippen molar-refractivity contribution in [2.75, 3.05) is 6.54 Å². The molecule has 1 rings (SSSR count). The first-order valence-corrected chi connectivity index (χ1v) is 7.55. The molecule has 2 N–H and O–H groups in total. The summed E-state index contributed by atoms with van der Waals surface area (Å²) in [5.74, 6) is 0.0279. The van der Waals surface area contributed by atoms with E-state index in [1.54, 1.807) is 32.9 Å². The van der Waals surface area contributed by atoms with Gasteiger partial charge in [-0.25, -0.2) is 0 Å². The van der Waals surface area contributed by atoms with E-state index in [9.17, 15) is 9.36 Å². The molecule has 0 aliphatic heterocycles. The molecule has 6 nitrogen and oxygen atoms in total. The van der Waals surface area contributed by atoms with Crippen molar-refractivity contribution in [2.24, 2.45) is 5.73 Å². The maximum Gasteiger partial charge on any atom is 0.327 e. The zero-order valence-corrected chi connectivity index (χ0v) is 13.4. The lowest BCUT2D eigenvalue weighted by molar-refractivity contribution is -0.157. The number of nitrogens with two attached hydrogens (primary N) is 1. The average molecular weight is 312 g/mol. The normalized spacial score (nSPS) is 12.7. The predicted molar refractivity (Wildman–Crippen MR) is 80.0 cm³/mol. The van der Waals surface area contributed by atoms with Gasteiger partial charge in [0.05, 0.1) is 6.10 Å². The zero-order valence-electron chi connectivity index (χ0n) is 12.5. The van der Waals surface area contributed by atoms with Crippen LogP contribution in [0.25, 0.3) is 0 Å². The van der Waals surface area contributed by atoms with Gasteiger partial charge in [-0.15, -0.1) is 0 Å². The van der Waals surface area contributed by atoms with E-state index in [-0.39, 0.29) is 6.10 Å². The molecule has 0 amide bonds. The fourth-order valence-corrected chi connectivity index (χ4v) is 2.00. The number of ether oxygens (including phenoxy) is 1. The number of benzene rings is 1.